The molecule has 1 aliphatic carbocycles. The zero-order chi connectivity index (χ0) is 33.8. The number of hydrogen-bond acceptors (Lipinski definition) is 7. The van der Waals surface area contributed by atoms with Crippen LogP contribution in [0.4, 0.5) is 11.4 Å². The second kappa shape index (κ2) is 11.4. The van der Waals surface area contributed by atoms with E-state index < -0.39 is 26.9 Å². The molecular weight excluding hydrogens is 604 g/mol. The monoisotopic (exact) mass is 639 g/mol. The molecule has 2 heterocycles. The van der Waals surface area contributed by atoms with E-state index in [1.54, 1.807) is 18.2 Å². The van der Waals surface area contributed by atoms with Gasteiger partial charge in [0.2, 0.25) is 5.69 Å². The van der Waals surface area contributed by atoms with Crippen molar-refractivity contribution >= 4 is 33.2 Å². The maximum Gasteiger partial charge on any atom is 0.303 e. The Bertz CT molecular complexity index is 2030. The zero-order valence-electron chi connectivity index (χ0n) is 26.3. The number of benzene rings is 2. The van der Waals surface area contributed by atoms with Gasteiger partial charge in [-0.15, -0.1) is 0 Å². The molecule has 0 unspecified atom stereocenters. The van der Waals surface area contributed by atoms with E-state index in [4.69, 9.17) is 0 Å². The molecule has 10 nitrogen and oxygen atoms in total. The van der Waals surface area contributed by atoms with Crippen molar-refractivity contribution in [3.8, 4) is 12.1 Å². The molecule has 5 rings (SSSR count). The van der Waals surface area contributed by atoms with Gasteiger partial charge in [0, 0.05) is 64.2 Å². The first-order valence-corrected chi connectivity index (χ1v) is 16.3. The van der Waals surface area contributed by atoms with Crippen LogP contribution in [0.1, 0.15) is 58.6 Å². The summed E-state index contributed by atoms with van der Waals surface area (Å²) >= 11 is 0. The first kappa shape index (κ1) is 32.4. The summed E-state index contributed by atoms with van der Waals surface area (Å²) in [6.45, 7) is 10.7. The van der Waals surface area contributed by atoms with Crippen molar-refractivity contribution in [2.75, 3.05) is 18.0 Å². The SMILES string of the molecule is CCN1/C(=C\C2=C(O)C(=C\C3=[N+](CCCC(=O)O)c4ccccc4C3(C)C)/C2=C(C#N)C#N)C(C)(C)c2cc(S(=O)(=O)O)ccc21. The molecule has 0 spiro atoms. The van der Waals surface area contributed by atoms with Crippen LogP contribution in [0, 0.1) is 22.7 Å². The van der Waals surface area contributed by atoms with E-state index in [1.165, 1.54) is 12.1 Å². The molecule has 0 saturated carbocycles. The predicted molar refractivity (Wildman–Crippen MR) is 173 cm³/mol. The highest BCUT2D eigenvalue weighted by Crippen LogP contribution is 2.51. The molecule has 0 saturated heterocycles. The number of para-hydroxylation sites is 1. The number of carboxylic acid groups (broad SMARTS) is 1. The molecule has 0 fully saturated rings. The topological polar surface area (TPSA) is 166 Å². The lowest BCUT2D eigenvalue weighted by Gasteiger charge is -2.31. The van der Waals surface area contributed by atoms with Crippen molar-refractivity contribution in [2.45, 2.75) is 63.2 Å². The minimum atomic E-state index is -4.44. The Labute approximate surface area is 268 Å². The van der Waals surface area contributed by atoms with Gasteiger partial charge >= 0.3 is 5.97 Å². The number of carbonyl (C=O) groups is 1. The Morgan fingerprint density at radius 3 is 2.30 bits per heavy atom. The van der Waals surface area contributed by atoms with E-state index in [0.29, 0.717) is 47.5 Å². The predicted octanol–water partition coefficient (Wildman–Crippen LogP) is 5.97. The smallest absolute Gasteiger partial charge is 0.303 e. The summed E-state index contributed by atoms with van der Waals surface area (Å²) in [7, 11) is -4.44. The van der Waals surface area contributed by atoms with Crippen molar-refractivity contribution < 1.29 is 32.6 Å². The second-order valence-electron chi connectivity index (χ2n) is 12.5. The van der Waals surface area contributed by atoms with Gasteiger partial charge in [-0.05, 0) is 50.6 Å². The fraction of sp³-hybridized carbons (Fsp3) is 0.314. The van der Waals surface area contributed by atoms with Crippen LogP contribution in [-0.2, 0) is 25.7 Å². The van der Waals surface area contributed by atoms with Crippen LogP contribution >= 0.6 is 0 Å². The third kappa shape index (κ3) is 5.12. The maximum absolute atomic E-state index is 11.9. The lowest BCUT2D eigenvalue weighted by molar-refractivity contribution is -0.438. The van der Waals surface area contributed by atoms with E-state index in [1.807, 2.05) is 80.5 Å². The van der Waals surface area contributed by atoms with Crippen molar-refractivity contribution in [3.63, 3.8) is 0 Å². The van der Waals surface area contributed by atoms with Crippen molar-refractivity contribution in [1.82, 2.24) is 0 Å². The Kier molecular flexibility index (Phi) is 8.06. The largest absolute Gasteiger partial charge is 0.507 e. The number of aliphatic hydroxyl groups is 1. The fourth-order valence-electron chi connectivity index (χ4n) is 6.77. The number of anilines is 1. The summed E-state index contributed by atoms with van der Waals surface area (Å²) in [5.41, 5.74) is 4.31. The summed E-state index contributed by atoms with van der Waals surface area (Å²) in [4.78, 5) is 13.0. The number of carboxylic acids is 1. The van der Waals surface area contributed by atoms with E-state index in [9.17, 15) is 38.5 Å². The van der Waals surface area contributed by atoms with Crippen LogP contribution in [-0.4, -0.2) is 52.5 Å². The molecule has 46 heavy (non-hydrogen) atoms. The molecule has 2 aliphatic heterocycles. The lowest BCUT2D eigenvalue weighted by atomic mass is 9.74. The van der Waals surface area contributed by atoms with Gasteiger partial charge in [0.1, 0.15) is 30.0 Å². The molecule has 2 aromatic rings. The number of fused-ring (bicyclic) bond motifs is 2. The summed E-state index contributed by atoms with van der Waals surface area (Å²) < 4.78 is 35.6. The van der Waals surface area contributed by atoms with Gasteiger partial charge in [0.05, 0.1) is 16.7 Å². The van der Waals surface area contributed by atoms with Crippen LogP contribution in [0.15, 0.2) is 93.3 Å². The molecule has 2 aromatic carbocycles. The second-order valence-corrected chi connectivity index (χ2v) is 13.9. The number of hydrogen-bond donors (Lipinski definition) is 3. The minimum Gasteiger partial charge on any atom is -0.507 e. The molecule has 3 aliphatic rings. The molecule has 0 atom stereocenters. The Morgan fingerprint density at radius 1 is 1.02 bits per heavy atom. The van der Waals surface area contributed by atoms with Gasteiger partial charge in [0.15, 0.2) is 5.71 Å². The summed E-state index contributed by atoms with van der Waals surface area (Å²) in [5, 5.41) is 40.8. The molecule has 236 valence electrons. The Morgan fingerprint density at radius 2 is 1.70 bits per heavy atom. The molecule has 11 heteroatoms. The van der Waals surface area contributed by atoms with Crippen molar-refractivity contribution in [2.24, 2.45) is 0 Å². The van der Waals surface area contributed by atoms with Gasteiger partial charge in [0.25, 0.3) is 10.1 Å². The van der Waals surface area contributed by atoms with Gasteiger partial charge in [-0.3, -0.25) is 9.35 Å². The van der Waals surface area contributed by atoms with Crippen LogP contribution in [0.25, 0.3) is 0 Å². The summed E-state index contributed by atoms with van der Waals surface area (Å²) in [6.07, 6.45) is 3.89. The normalized spacial score (nSPS) is 19.6. The van der Waals surface area contributed by atoms with Crippen LogP contribution in [0.5, 0.6) is 0 Å². The third-order valence-corrected chi connectivity index (χ3v) is 9.98. The van der Waals surface area contributed by atoms with E-state index in [-0.39, 0.29) is 22.6 Å². The van der Waals surface area contributed by atoms with Gasteiger partial charge < -0.3 is 15.1 Å². The highest BCUT2D eigenvalue weighted by atomic mass is 32.2. The number of aliphatic carboxylic acids is 1. The van der Waals surface area contributed by atoms with Crippen molar-refractivity contribution in [1.29, 1.82) is 10.5 Å². The standard InChI is InChI=1S/C35H34N4O6S/c1-6-38-28-14-13-22(46(43,44)45)16-26(28)35(4,5)29(38)17-23-32(21(19-36)20-37)24(33(23)42)18-30-34(2,3)25-10-7-8-11-27(25)39(30)15-9-12-31(40)41/h7-8,10-11,13-14,16-18H,6,9,12,15H2,1-5H3,(H2-,40,41,42,43,44,45)/p+1. The first-order valence-electron chi connectivity index (χ1n) is 14.9. The molecule has 3 N–H and O–H groups in total. The van der Waals surface area contributed by atoms with Crippen LogP contribution < -0.4 is 4.90 Å². The van der Waals surface area contributed by atoms with E-state index in [2.05, 4.69) is 0 Å². The fourth-order valence-corrected chi connectivity index (χ4v) is 7.28. The molecular formula is C35H35N4O6S+. The molecule has 0 amide bonds. The average Bonchev–Trinajstić information content (AvgIpc) is 3.35. The van der Waals surface area contributed by atoms with Gasteiger partial charge in [-0.25, -0.2) is 0 Å². The van der Waals surface area contributed by atoms with Gasteiger partial charge in [-0.2, -0.15) is 23.5 Å². The number of nitrogens with zero attached hydrogens (tertiary/aromatic N) is 4. The molecule has 0 aromatic heterocycles. The number of aliphatic hydroxyl groups excluding tert-OH is 1. The van der Waals surface area contributed by atoms with Crippen molar-refractivity contribution in [3.05, 3.63) is 99.5 Å². The maximum atomic E-state index is 11.9. The average molecular weight is 640 g/mol. The quantitative estimate of drug-likeness (QED) is 0.179. The third-order valence-electron chi connectivity index (χ3n) is 9.13. The van der Waals surface area contributed by atoms with Gasteiger partial charge in [-0.1, -0.05) is 32.0 Å². The number of likely N-dealkylation sites (N-methyl/N-ethyl adjacent to an activating group) is 1. The minimum absolute atomic E-state index is 0.0121. The van der Waals surface area contributed by atoms with E-state index in [0.717, 1.165) is 22.6 Å². The molecule has 0 bridgehead atoms. The highest BCUT2D eigenvalue weighted by molar-refractivity contribution is 7.85. The highest BCUT2D eigenvalue weighted by Gasteiger charge is 2.47. The zero-order valence-corrected chi connectivity index (χ0v) is 27.1. The lowest BCUT2D eigenvalue weighted by Crippen LogP contribution is -2.30. The van der Waals surface area contributed by atoms with Crippen LogP contribution in [0.3, 0.4) is 0 Å². The summed E-state index contributed by atoms with van der Waals surface area (Å²) in [5.74, 6) is -0.995. The first-order chi connectivity index (χ1) is 21.6. The Balaban J connectivity index is 1.70. The van der Waals surface area contributed by atoms with Crippen LogP contribution in [0.2, 0.25) is 0 Å². The number of rotatable bonds is 8. The molecule has 0 radical (unpaired) electrons. The number of nitriles is 2. The summed E-state index contributed by atoms with van der Waals surface area (Å²) in [6, 6.07) is 16.2. The number of allylic oxidation sites excluding steroid dienone is 6. The van der Waals surface area contributed by atoms with E-state index >= 15 is 0 Å². The Hall–Kier alpha value is -4.97.